The Morgan fingerprint density at radius 1 is 1.25 bits per heavy atom. The topological polar surface area (TPSA) is 111 Å². The van der Waals surface area contributed by atoms with Crippen molar-refractivity contribution in [2.45, 2.75) is 4.90 Å². The van der Waals surface area contributed by atoms with Gasteiger partial charge in [-0.25, -0.2) is 13.1 Å². The predicted octanol–water partition coefficient (Wildman–Crippen LogP) is -0.700. The highest BCUT2D eigenvalue weighted by Crippen LogP contribution is 2.10. The van der Waals surface area contributed by atoms with Crippen LogP contribution in [0.1, 0.15) is 10.4 Å². The fourth-order valence-electron chi connectivity index (χ4n) is 1.43. The van der Waals surface area contributed by atoms with Gasteiger partial charge in [0.25, 0.3) is 5.91 Å². The standard InChI is InChI=1S/C12H19N3O4S/c1-19-9-8-15-20(17,18)11-4-2-10(3-5-11)12(16)14-7-6-13/h2-5,15H,6-9,13H2,1H3,(H,14,16). The van der Waals surface area contributed by atoms with Crippen molar-refractivity contribution in [2.24, 2.45) is 5.73 Å². The molecular weight excluding hydrogens is 282 g/mol. The van der Waals surface area contributed by atoms with Crippen molar-refractivity contribution in [1.29, 1.82) is 0 Å². The summed E-state index contributed by atoms with van der Waals surface area (Å²) in [6, 6.07) is 5.67. The zero-order valence-corrected chi connectivity index (χ0v) is 12.1. The van der Waals surface area contributed by atoms with E-state index in [9.17, 15) is 13.2 Å². The van der Waals surface area contributed by atoms with Crippen LogP contribution in [0, 0.1) is 0 Å². The van der Waals surface area contributed by atoms with Gasteiger partial charge in [-0.3, -0.25) is 4.79 Å². The quantitative estimate of drug-likeness (QED) is 0.550. The van der Waals surface area contributed by atoms with Gasteiger partial charge in [-0.2, -0.15) is 0 Å². The smallest absolute Gasteiger partial charge is 0.251 e. The Hall–Kier alpha value is -1.48. The van der Waals surface area contributed by atoms with Crippen molar-refractivity contribution < 1.29 is 17.9 Å². The number of sulfonamides is 1. The Morgan fingerprint density at radius 2 is 1.90 bits per heavy atom. The van der Waals surface area contributed by atoms with Gasteiger partial charge in [-0.15, -0.1) is 0 Å². The molecule has 1 aromatic rings. The molecule has 0 aliphatic heterocycles. The maximum atomic E-state index is 11.9. The highest BCUT2D eigenvalue weighted by molar-refractivity contribution is 7.89. The lowest BCUT2D eigenvalue weighted by atomic mass is 10.2. The third-order valence-electron chi connectivity index (χ3n) is 2.45. The molecule has 0 saturated heterocycles. The molecule has 20 heavy (non-hydrogen) atoms. The van der Waals surface area contributed by atoms with Crippen LogP contribution in [0.4, 0.5) is 0 Å². The molecule has 4 N–H and O–H groups in total. The number of nitrogens with one attached hydrogen (secondary N) is 2. The largest absolute Gasteiger partial charge is 0.383 e. The van der Waals surface area contributed by atoms with E-state index in [1.54, 1.807) is 0 Å². The average Bonchev–Trinajstić information content (AvgIpc) is 2.45. The second-order valence-electron chi connectivity index (χ2n) is 3.96. The molecule has 1 rings (SSSR count). The van der Waals surface area contributed by atoms with Crippen LogP contribution >= 0.6 is 0 Å². The number of benzene rings is 1. The Balaban J connectivity index is 2.72. The molecule has 0 spiro atoms. The van der Waals surface area contributed by atoms with Crippen LogP contribution in [-0.2, 0) is 14.8 Å². The summed E-state index contributed by atoms with van der Waals surface area (Å²) in [7, 11) is -2.08. The van der Waals surface area contributed by atoms with Crippen molar-refractivity contribution in [3.8, 4) is 0 Å². The van der Waals surface area contributed by atoms with Crippen molar-refractivity contribution in [3.63, 3.8) is 0 Å². The van der Waals surface area contributed by atoms with Gasteiger partial charge in [0.1, 0.15) is 0 Å². The molecule has 7 nitrogen and oxygen atoms in total. The van der Waals surface area contributed by atoms with E-state index in [0.29, 0.717) is 25.3 Å². The van der Waals surface area contributed by atoms with Crippen LogP contribution in [0.15, 0.2) is 29.2 Å². The molecule has 0 aliphatic carbocycles. The lowest BCUT2D eigenvalue weighted by Crippen LogP contribution is -2.29. The van der Waals surface area contributed by atoms with E-state index in [0.717, 1.165) is 0 Å². The van der Waals surface area contributed by atoms with Gasteiger partial charge in [0.2, 0.25) is 10.0 Å². The first-order valence-corrected chi connectivity index (χ1v) is 7.56. The molecule has 0 unspecified atom stereocenters. The number of ether oxygens (including phenoxy) is 1. The monoisotopic (exact) mass is 301 g/mol. The average molecular weight is 301 g/mol. The second-order valence-corrected chi connectivity index (χ2v) is 5.73. The summed E-state index contributed by atoms with van der Waals surface area (Å²) >= 11 is 0. The maximum Gasteiger partial charge on any atom is 0.251 e. The summed E-state index contributed by atoms with van der Waals surface area (Å²) in [5, 5.41) is 2.60. The summed E-state index contributed by atoms with van der Waals surface area (Å²) in [6.07, 6.45) is 0. The first kappa shape index (κ1) is 16.6. The molecule has 0 atom stereocenters. The zero-order chi connectivity index (χ0) is 15.0. The Morgan fingerprint density at radius 3 is 2.45 bits per heavy atom. The molecule has 0 aliphatic rings. The van der Waals surface area contributed by atoms with Crippen LogP contribution < -0.4 is 15.8 Å². The summed E-state index contributed by atoms with van der Waals surface area (Å²) in [5.74, 6) is -0.285. The number of methoxy groups -OCH3 is 1. The molecule has 0 aromatic heterocycles. The van der Waals surface area contributed by atoms with Gasteiger partial charge in [0, 0.05) is 32.3 Å². The van der Waals surface area contributed by atoms with E-state index < -0.39 is 10.0 Å². The first-order valence-electron chi connectivity index (χ1n) is 6.08. The van der Waals surface area contributed by atoms with Gasteiger partial charge < -0.3 is 15.8 Å². The van der Waals surface area contributed by atoms with Crippen LogP contribution in [0.25, 0.3) is 0 Å². The molecule has 0 radical (unpaired) electrons. The number of hydrogen-bond donors (Lipinski definition) is 3. The number of hydrogen-bond acceptors (Lipinski definition) is 5. The third kappa shape index (κ3) is 4.89. The highest BCUT2D eigenvalue weighted by atomic mass is 32.2. The van der Waals surface area contributed by atoms with Gasteiger partial charge in [-0.1, -0.05) is 0 Å². The minimum atomic E-state index is -3.57. The zero-order valence-electron chi connectivity index (χ0n) is 11.3. The molecule has 1 amide bonds. The number of carbonyl (C=O) groups excluding carboxylic acids is 1. The van der Waals surface area contributed by atoms with E-state index in [1.807, 2.05) is 0 Å². The second kappa shape index (κ2) is 7.95. The van der Waals surface area contributed by atoms with Crippen molar-refractivity contribution in [1.82, 2.24) is 10.0 Å². The van der Waals surface area contributed by atoms with E-state index in [1.165, 1.54) is 31.4 Å². The van der Waals surface area contributed by atoms with Crippen LogP contribution in [0.5, 0.6) is 0 Å². The van der Waals surface area contributed by atoms with E-state index in [2.05, 4.69) is 10.0 Å². The number of carbonyl (C=O) groups is 1. The lowest BCUT2D eigenvalue weighted by molar-refractivity contribution is 0.0954. The summed E-state index contributed by atoms with van der Waals surface area (Å²) < 4.78 is 30.9. The van der Waals surface area contributed by atoms with Crippen molar-refractivity contribution in [2.75, 3.05) is 33.4 Å². The van der Waals surface area contributed by atoms with E-state index >= 15 is 0 Å². The summed E-state index contributed by atoms with van der Waals surface area (Å²) in [6.45, 7) is 1.20. The molecule has 0 bridgehead atoms. The first-order chi connectivity index (χ1) is 9.51. The van der Waals surface area contributed by atoms with Gasteiger partial charge in [0.05, 0.1) is 11.5 Å². The number of amides is 1. The van der Waals surface area contributed by atoms with Crippen molar-refractivity contribution in [3.05, 3.63) is 29.8 Å². The normalized spacial score (nSPS) is 11.3. The van der Waals surface area contributed by atoms with Crippen LogP contribution in [0.3, 0.4) is 0 Å². The molecule has 0 saturated carbocycles. The molecule has 8 heteroatoms. The van der Waals surface area contributed by atoms with E-state index in [4.69, 9.17) is 10.5 Å². The minimum absolute atomic E-state index is 0.101. The van der Waals surface area contributed by atoms with Crippen LogP contribution in [0.2, 0.25) is 0 Å². The lowest BCUT2D eigenvalue weighted by Gasteiger charge is -2.07. The predicted molar refractivity (Wildman–Crippen MR) is 74.9 cm³/mol. The molecular formula is C12H19N3O4S. The number of nitrogens with two attached hydrogens (primary N) is 1. The van der Waals surface area contributed by atoms with Gasteiger partial charge in [-0.05, 0) is 24.3 Å². The number of rotatable bonds is 8. The minimum Gasteiger partial charge on any atom is -0.383 e. The Kier molecular flexibility index (Phi) is 6.59. The van der Waals surface area contributed by atoms with Crippen LogP contribution in [-0.4, -0.2) is 47.7 Å². The van der Waals surface area contributed by atoms with Crippen molar-refractivity contribution >= 4 is 15.9 Å². The fraction of sp³-hybridized carbons (Fsp3) is 0.417. The van der Waals surface area contributed by atoms with Gasteiger partial charge >= 0.3 is 0 Å². The SMILES string of the molecule is COCCNS(=O)(=O)c1ccc(C(=O)NCCN)cc1. The molecule has 0 heterocycles. The molecule has 0 fully saturated rings. The highest BCUT2D eigenvalue weighted by Gasteiger charge is 2.14. The summed E-state index contributed by atoms with van der Waals surface area (Å²) in [5.41, 5.74) is 5.67. The maximum absolute atomic E-state index is 11.9. The Bertz CT molecular complexity index is 528. The molecule has 1 aromatic carbocycles. The molecule has 112 valence electrons. The Labute approximate surface area is 118 Å². The fourth-order valence-corrected chi connectivity index (χ4v) is 2.45. The summed E-state index contributed by atoms with van der Waals surface area (Å²) in [4.78, 5) is 11.7. The van der Waals surface area contributed by atoms with Gasteiger partial charge in [0.15, 0.2) is 0 Å². The van der Waals surface area contributed by atoms with E-state index in [-0.39, 0.29) is 17.3 Å². The third-order valence-corrected chi connectivity index (χ3v) is 3.93.